The lowest BCUT2D eigenvalue weighted by Crippen LogP contribution is -2.30. The lowest BCUT2D eigenvalue weighted by Gasteiger charge is -2.26. The third kappa shape index (κ3) is 5.15. The van der Waals surface area contributed by atoms with Crippen LogP contribution in [-0.4, -0.2) is 37.3 Å². The Morgan fingerprint density at radius 3 is 2.46 bits per heavy atom. The molecular weight excluding hydrogens is 352 g/mol. The van der Waals surface area contributed by atoms with Crippen LogP contribution in [-0.2, 0) is 25.6 Å². The van der Waals surface area contributed by atoms with E-state index in [-0.39, 0.29) is 24.1 Å². The topological polar surface area (TPSA) is 36.9 Å². The van der Waals surface area contributed by atoms with Gasteiger partial charge in [-0.1, -0.05) is 64.4 Å². The van der Waals surface area contributed by atoms with E-state index in [1.54, 1.807) is 0 Å². The van der Waals surface area contributed by atoms with Gasteiger partial charge in [-0.2, -0.15) is 0 Å². The van der Waals surface area contributed by atoms with E-state index in [9.17, 15) is 0 Å². The number of rotatable bonds is 10. The molecule has 0 spiro atoms. The summed E-state index contributed by atoms with van der Waals surface area (Å²) in [4.78, 5) is 0. The summed E-state index contributed by atoms with van der Waals surface area (Å²) in [5, 5.41) is 0. The average molecular weight is 391 g/mol. The Morgan fingerprint density at radius 2 is 1.82 bits per heavy atom. The first-order valence-electron chi connectivity index (χ1n) is 11.2. The van der Waals surface area contributed by atoms with Gasteiger partial charge in [0.25, 0.3) is 0 Å². The lowest BCUT2D eigenvalue weighted by molar-refractivity contribution is -0.175. The van der Waals surface area contributed by atoms with Crippen LogP contribution in [0.25, 0.3) is 0 Å². The molecule has 0 aliphatic carbocycles. The van der Waals surface area contributed by atoms with Gasteiger partial charge >= 0.3 is 0 Å². The molecule has 0 bridgehead atoms. The van der Waals surface area contributed by atoms with Crippen LogP contribution < -0.4 is 0 Å². The van der Waals surface area contributed by atoms with Gasteiger partial charge in [0, 0.05) is 13.0 Å². The predicted molar refractivity (Wildman–Crippen MR) is 111 cm³/mol. The maximum Gasteiger partial charge on any atom is 0.168 e. The summed E-state index contributed by atoms with van der Waals surface area (Å²) in [7, 11) is 0. The summed E-state index contributed by atoms with van der Waals surface area (Å²) < 4.78 is 24.7. The molecule has 3 rings (SSSR count). The monoisotopic (exact) mass is 390 g/mol. The molecule has 4 nitrogen and oxygen atoms in total. The highest BCUT2D eigenvalue weighted by atomic mass is 16.7. The Hall–Kier alpha value is -0.940. The molecule has 0 amide bonds. The van der Waals surface area contributed by atoms with Crippen molar-refractivity contribution >= 4 is 0 Å². The van der Waals surface area contributed by atoms with Gasteiger partial charge < -0.3 is 18.9 Å². The summed E-state index contributed by atoms with van der Waals surface area (Å²) in [5.41, 5.74) is 1.22. The van der Waals surface area contributed by atoms with Crippen LogP contribution >= 0.6 is 0 Å². The molecular formula is C24H38O4. The van der Waals surface area contributed by atoms with Gasteiger partial charge in [-0.25, -0.2) is 0 Å². The SMILES string of the molecule is CC[C@@H]1[C@@H](C)[C@@H](CC2COC(CC)(CC)O2)O[C@H]1CCOCc1ccccc1. The van der Waals surface area contributed by atoms with Gasteiger partial charge in [0.05, 0.1) is 31.5 Å². The van der Waals surface area contributed by atoms with Crippen molar-refractivity contribution in [3.05, 3.63) is 35.9 Å². The third-order valence-electron chi connectivity index (χ3n) is 6.70. The Morgan fingerprint density at radius 1 is 1.07 bits per heavy atom. The Labute approximate surface area is 170 Å². The zero-order valence-corrected chi connectivity index (χ0v) is 18.1. The van der Waals surface area contributed by atoms with Crippen molar-refractivity contribution < 1.29 is 18.9 Å². The predicted octanol–water partition coefficient (Wildman–Crippen LogP) is 5.34. The molecule has 2 aliphatic rings. The number of hydrogen-bond donors (Lipinski definition) is 0. The maximum absolute atomic E-state index is 6.51. The van der Waals surface area contributed by atoms with Crippen LogP contribution in [0.4, 0.5) is 0 Å². The van der Waals surface area contributed by atoms with Crippen LogP contribution in [0.1, 0.15) is 65.4 Å². The molecule has 28 heavy (non-hydrogen) atoms. The van der Waals surface area contributed by atoms with Crippen LogP contribution in [0.3, 0.4) is 0 Å². The second-order valence-electron chi connectivity index (χ2n) is 8.38. The Bertz CT molecular complexity index is 571. The fourth-order valence-corrected chi connectivity index (χ4v) is 4.83. The second-order valence-corrected chi connectivity index (χ2v) is 8.38. The smallest absolute Gasteiger partial charge is 0.168 e. The van der Waals surface area contributed by atoms with Crippen molar-refractivity contribution in [2.75, 3.05) is 13.2 Å². The highest BCUT2D eigenvalue weighted by Crippen LogP contribution is 2.40. The molecule has 158 valence electrons. The summed E-state index contributed by atoms with van der Waals surface area (Å²) >= 11 is 0. The molecule has 0 radical (unpaired) electrons. The first-order valence-corrected chi connectivity index (χ1v) is 11.2. The minimum Gasteiger partial charge on any atom is -0.377 e. The molecule has 1 aromatic carbocycles. The van der Waals surface area contributed by atoms with Crippen molar-refractivity contribution in [1.29, 1.82) is 0 Å². The van der Waals surface area contributed by atoms with Gasteiger partial charge in [0.2, 0.25) is 0 Å². The van der Waals surface area contributed by atoms with E-state index >= 15 is 0 Å². The first-order chi connectivity index (χ1) is 13.6. The zero-order valence-electron chi connectivity index (χ0n) is 18.1. The van der Waals surface area contributed by atoms with E-state index in [4.69, 9.17) is 18.9 Å². The molecule has 0 saturated carbocycles. The van der Waals surface area contributed by atoms with Crippen molar-refractivity contribution in [2.24, 2.45) is 11.8 Å². The van der Waals surface area contributed by atoms with Crippen molar-refractivity contribution in [1.82, 2.24) is 0 Å². The molecule has 0 N–H and O–H groups in total. The fourth-order valence-electron chi connectivity index (χ4n) is 4.83. The number of ether oxygens (including phenoxy) is 4. The Kier molecular flexibility index (Phi) is 7.93. The first kappa shape index (κ1) is 21.8. The van der Waals surface area contributed by atoms with Crippen LogP contribution in [0.5, 0.6) is 0 Å². The zero-order chi connectivity index (χ0) is 20.0. The van der Waals surface area contributed by atoms with E-state index in [2.05, 4.69) is 52.0 Å². The Balaban J connectivity index is 1.46. The van der Waals surface area contributed by atoms with Gasteiger partial charge in [-0.05, 0) is 36.7 Å². The highest BCUT2D eigenvalue weighted by Gasteiger charge is 2.44. The average Bonchev–Trinajstić information content (AvgIpc) is 3.27. The van der Waals surface area contributed by atoms with Gasteiger partial charge in [0.15, 0.2) is 5.79 Å². The molecule has 2 aliphatic heterocycles. The van der Waals surface area contributed by atoms with Gasteiger partial charge in [-0.15, -0.1) is 0 Å². The van der Waals surface area contributed by atoms with Crippen LogP contribution in [0.15, 0.2) is 30.3 Å². The van der Waals surface area contributed by atoms with E-state index in [1.807, 2.05) is 6.07 Å². The van der Waals surface area contributed by atoms with Crippen molar-refractivity contribution in [3.8, 4) is 0 Å². The van der Waals surface area contributed by atoms with E-state index in [0.29, 0.717) is 25.0 Å². The minimum absolute atomic E-state index is 0.151. The molecule has 1 aromatic rings. The molecule has 4 heteroatoms. The molecule has 2 saturated heterocycles. The largest absolute Gasteiger partial charge is 0.377 e. The number of benzene rings is 1. The quantitative estimate of drug-likeness (QED) is 0.505. The summed E-state index contributed by atoms with van der Waals surface area (Å²) in [6.45, 7) is 11.0. The van der Waals surface area contributed by atoms with Crippen molar-refractivity contribution in [3.63, 3.8) is 0 Å². The molecule has 0 aromatic heterocycles. The molecule has 2 fully saturated rings. The van der Waals surface area contributed by atoms with E-state index in [0.717, 1.165) is 38.7 Å². The summed E-state index contributed by atoms with van der Waals surface area (Å²) in [6.07, 6.45) is 5.53. The lowest BCUT2D eigenvalue weighted by atomic mass is 9.84. The second kappa shape index (κ2) is 10.2. The molecule has 5 atom stereocenters. The van der Waals surface area contributed by atoms with Crippen molar-refractivity contribution in [2.45, 2.75) is 90.5 Å². The van der Waals surface area contributed by atoms with Crippen LogP contribution in [0.2, 0.25) is 0 Å². The van der Waals surface area contributed by atoms with Gasteiger partial charge in [0.1, 0.15) is 0 Å². The summed E-state index contributed by atoms with van der Waals surface area (Å²) in [5.74, 6) is 0.766. The van der Waals surface area contributed by atoms with Crippen LogP contribution in [0, 0.1) is 11.8 Å². The molecule has 1 unspecified atom stereocenters. The maximum atomic E-state index is 6.51. The third-order valence-corrected chi connectivity index (χ3v) is 6.70. The van der Waals surface area contributed by atoms with E-state index < -0.39 is 0 Å². The van der Waals surface area contributed by atoms with E-state index in [1.165, 1.54) is 5.56 Å². The number of hydrogen-bond acceptors (Lipinski definition) is 4. The molecule has 2 heterocycles. The normalized spacial score (nSPS) is 32.1. The highest BCUT2D eigenvalue weighted by molar-refractivity contribution is 5.13. The summed E-state index contributed by atoms with van der Waals surface area (Å²) in [6, 6.07) is 10.4. The standard InChI is InChI=1S/C24H38O4/c1-5-21-18(4)23(15-20-17-26-24(6-2,7-3)28-20)27-22(21)13-14-25-16-19-11-9-8-10-12-19/h8-12,18,20-23H,5-7,13-17H2,1-4H3/t18-,20?,21-,22+,23-/m1/s1. The van der Waals surface area contributed by atoms with Gasteiger partial charge in [-0.3, -0.25) is 0 Å². The fraction of sp³-hybridized carbons (Fsp3) is 0.750. The minimum atomic E-state index is -0.374.